The second-order valence-corrected chi connectivity index (χ2v) is 18.7. The van der Waals surface area contributed by atoms with Gasteiger partial charge in [0.25, 0.3) is 23.5 Å². The first-order valence-electron chi connectivity index (χ1n) is 24.7. The number of carbonyl (C=O) groups excluding carboxylic acids is 5. The van der Waals surface area contributed by atoms with Gasteiger partial charge in [-0.3, -0.25) is 24.0 Å². The zero-order valence-electron chi connectivity index (χ0n) is 47.1. The Morgan fingerprint density at radius 1 is 0.557 bits per heavy atom. The second kappa shape index (κ2) is 31.6. The zero-order valence-corrected chi connectivity index (χ0v) is 49.8. The molecule has 2 amide bonds. The zero-order chi connectivity index (χ0) is 66.2. The monoisotopic (exact) mass is 1280 g/mol. The third-order valence-corrected chi connectivity index (χ3v) is 12.4. The van der Waals surface area contributed by atoms with Crippen molar-refractivity contribution in [1.29, 1.82) is 0 Å². The van der Waals surface area contributed by atoms with E-state index in [4.69, 9.17) is 40.5 Å². The van der Waals surface area contributed by atoms with Crippen LogP contribution in [0.25, 0.3) is 9.69 Å². The maximum absolute atomic E-state index is 14.6. The average Bonchev–Trinajstić information content (AvgIpc) is 0.757. The molecule has 0 aliphatic rings. The standard InChI is InChI=1S/C29H24F7N3O2.C20H20F7N3O.C8H4ClNO.CH2O3.Na/c1-5-38-23-11-6-18(15-24(40)19-7-9-21(37-4)10-8-19)14-22(23)26(41)39-25-16(2)12-20(13-17(25)3)27(30,28(31,32)33)29(34,35)36;1-4-29-15-6-5-13(28)9-14(15)17(31)30-16-10(2)7-12(8-11(16)3)18(21,19(22,23)24)20(25,26)27;1-10-7-4-2-6(3-5-7)8(9)11;2-1-4-3;/h6-14,38H,5,15H2,1-3H3,(H,39,41);5-9,29H,4,28H2,1-3H3,(H,30,31);2-5H;1,3H;/q;;;;+1/p-1. The third-order valence-electron chi connectivity index (χ3n) is 12.2. The van der Waals surface area contributed by atoms with Crippen molar-refractivity contribution >= 4 is 80.7 Å². The number of halogens is 15. The molecule has 6 N–H and O–H groups in total. The Hall–Kier alpha value is -8.28. The van der Waals surface area contributed by atoms with Gasteiger partial charge in [-0.1, -0.05) is 78.9 Å². The van der Waals surface area contributed by atoms with Gasteiger partial charge in [0.15, 0.2) is 17.2 Å². The van der Waals surface area contributed by atoms with Gasteiger partial charge in [-0.15, -0.1) is 0 Å². The van der Waals surface area contributed by atoms with Crippen LogP contribution in [-0.4, -0.2) is 67.1 Å². The van der Waals surface area contributed by atoms with Crippen molar-refractivity contribution < 1.29 is 125 Å². The minimum Gasteiger partial charge on any atom is -0.662 e. The number of nitrogens with zero attached hydrogens (tertiary/aromatic N) is 2. The second-order valence-electron chi connectivity index (χ2n) is 18.3. The Kier molecular flexibility index (Phi) is 27.2. The number of hydrogen-bond acceptors (Lipinski definition) is 10. The summed E-state index contributed by atoms with van der Waals surface area (Å²) in [6.45, 7) is 22.5. The Bertz CT molecular complexity index is 3480. The van der Waals surface area contributed by atoms with Crippen LogP contribution < -0.4 is 61.8 Å². The minimum absolute atomic E-state index is 0. The molecule has 6 aromatic rings. The maximum atomic E-state index is 14.6. The Morgan fingerprint density at radius 2 is 0.886 bits per heavy atom. The van der Waals surface area contributed by atoms with E-state index < -0.39 is 64.2 Å². The fourth-order valence-corrected chi connectivity index (χ4v) is 8.19. The molecule has 6 rings (SSSR count). The Balaban J connectivity index is 0.000000491. The predicted octanol–water partition coefficient (Wildman–Crippen LogP) is 12.2. The number of amides is 2. The van der Waals surface area contributed by atoms with Crippen molar-refractivity contribution in [3.63, 3.8) is 0 Å². The normalized spacial score (nSPS) is 11.4. The van der Waals surface area contributed by atoms with Crippen LogP contribution in [0.5, 0.6) is 0 Å². The third kappa shape index (κ3) is 18.6. The number of nitrogen functional groups attached to an aromatic ring is 1. The average molecular weight is 1280 g/mol. The van der Waals surface area contributed by atoms with Crippen LogP contribution in [0, 0.1) is 40.8 Å². The van der Waals surface area contributed by atoms with Crippen molar-refractivity contribution in [2.45, 2.75) is 84.0 Å². The van der Waals surface area contributed by atoms with Gasteiger partial charge in [0.2, 0.25) is 0 Å². The van der Waals surface area contributed by atoms with Gasteiger partial charge >= 0.3 is 65.6 Å². The van der Waals surface area contributed by atoms with Crippen molar-refractivity contribution in [2.24, 2.45) is 0 Å². The molecule has 0 aliphatic heterocycles. The molecule has 0 saturated carbocycles. The number of anilines is 5. The van der Waals surface area contributed by atoms with Crippen LogP contribution in [0.3, 0.4) is 0 Å². The SMILES string of the molecule is CCNc1ccc(N)cc1C(=O)Nc1c(C)cc(C(F)(C(F)(F)F)C(F)(F)F)cc1C.O=CO[O-].[C-]#[N+]c1ccc(C(=O)Cc2ccc(NCC)c(C(=O)Nc3c(C)cc(C(F)(C(F)(F)F)C(F)(F)F)cc3C)c2)cc1.[C-]#[N+]c1ccc(C(=O)Cl)cc1.[Na+]. The number of hydrogen-bond donors (Lipinski definition) is 5. The van der Waals surface area contributed by atoms with E-state index in [0.717, 1.165) is 13.8 Å². The molecule has 88 heavy (non-hydrogen) atoms. The van der Waals surface area contributed by atoms with Crippen LogP contribution in [0.1, 0.15) is 94.2 Å². The van der Waals surface area contributed by atoms with E-state index in [9.17, 15) is 80.6 Å². The fraction of sp³-hybridized carbons (Fsp3) is 0.259. The number of nitrogens with one attached hydrogen (secondary N) is 4. The molecule has 0 heterocycles. The van der Waals surface area contributed by atoms with Gasteiger partial charge in [0, 0.05) is 70.2 Å². The number of ketones is 1. The maximum Gasteiger partial charge on any atom is 1.00 e. The quantitative estimate of drug-likeness (QED) is 0.00758. The number of Topliss-reactive ketones (excluding diaryl/α,β-unsaturated/α-hetero) is 1. The van der Waals surface area contributed by atoms with Gasteiger partial charge in [0.05, 0.1) is 24.3 Å². The summed E-state index contributed by atoms with van der Waals surface area (Å²) in [4.78, 5) is 67.0. The summed E-state index contributed by atoms with van der Waals surface area (Å²) in [5.41, 5.74) is -6.28. The predicted molar refractivity (Wildman–Crippen MR) is 294 cm³/mol. The van der Waals surface area contributed by atoms with Crippen LogP contribution in [-0.2, 0) is 27.4 Å². The van der Waals surface area contributed by atoms with E-state index in [1.165, 1.54) is 62.4 Å². The summed E-state index contributed by atoms with van der Waals surface area (Å²) in [6.07, 6.45) is -25.1. The molecule has 0 aromatic heterocycles. The molecule has 0 spiro atoms. The summed E-state index contributed by atoms with van der Waals surface area (Å²) in [5, 5.41) is 18.8. The van der Waals surface area contributed by atoms with E-state index in [-0.39, 0.29) is 98.7 Å². The van der Waals surface area contributed by atoms with Crippen LogP contribution >= 0.6 is 11.6 Å². The van der Waals surface area contributed by atoms with Crippen molar-refractivity contribution in [2.75, 3.05) is 40.1 Å². The summed E-state index contributed by atoms with van der Waals surface area (Å²) >= 11 is 5.18. The topological polar surface area (TPSA) is 200 Å². The first-order valence-corrected chi connectivity index (χ1v) is 25.1. The molecule has 0 unspecified atom stereocenters. The number of rotatable bonds is 15. The number of nitrogens with two attached hydrogens (primary N) is 1. The van der Waals surface area contributed by atoms with Gasteiger partial charge in [-0.2, -0.15) is 52.7 Å². The first-order chi connectivity index (χ1) is 40.3. The smallest absolute Gasteiger partial charge is 0.662 e. The summed E-state index contributed by atoms with van der Waals surface area (Å²) < 4.78 is 187. The molecular weight excluding hydrogens is 1230 g/mol. The molecule has 0 bridgehead atoms. The van der Waals surface area contributed by atoms with E-state index in [1.54, 1.807) is 50.2 Å². The largest absolute Gasteiger partial charge is 1.00 e. The van der Waals surface area contributed by atoms with E-state index in [2.05, 4.69) is 35.8 Å². The van der Waals surface area contributed by atoms with Gasteiger partial charge in [0.1, 0.15) is 0 Å². The summed E-state index contributed by atoms with van der Waals surface area (Å²) in [7, 11) is 0. The molecule has 0 aliphatic carbocycles. The van der Waals surface area contributed by atoms with Gasteiger partial charge in [-0.05, 0) is 111 Å². The van der Waals surface area contributed by atoms with Gasteiger partial charge < -0.3 is 37.1 Å². The molecule has 0 fully saturated rings. The number of alkyl halides is 14. The fourth-order valence-electron chi connectivity index (χ4n) is 8.06. The van der Waals surface area contributed by atoms with Crippen LogP contribution in [0.15, 0.2) is 109 Å². The summed E-state index contributed by atoms with van der Waals surface area (Å²) in [6, 6.07) is 23.0. The molecular formula is C58H49ClF14N7NaO7. The summed E-state index contributed by atoms with van der Waals surface area (Å²) in [5.74, 6) is -1.73. The molecule has 464 valence electrons. The van der Waals surface area contributed by atoms with Crippen molar-refractivity contribution in [3.05, 3.63) is 193 Å². The minimum atomic E-state index is -6.27. The van der Waals surface area contributed by atoms with Gasteiger partial charge in [-0.25, -0.2) is 18.5 Å². The molecule has 14 nitrogen and oxygen atoms in total. The molecule has 0 atom stereocenters. The van der Waals surface area contributed by atoms with E-state index in [0.29, 0.717) is 76.8 Å². The van der Waals surface area contributed by atoms with Crippen molar-refractivity contribution in [3.8, 4) is 0 Å². The molecule has 0 radical (unpaired) electrons. The first kappa shape index (κ1) is 75.8. The van der Waals surface area contributed by atoms with E-state index >= 15 is 0 Å². The number of carbonyl (C=O) groups is 5. The Morgan fingerprint density at radius 3 is 1.19 bits per heavy atom. The van der Waals surface area contributed by atoms with E-state index in [1.807, 2.05) is 0 Å². The van der Waals surface area contributed by atoms with Crippen molar-refractivity contribution in [1.82, 2.24) is 0 Å². The van der Waals surface area contributed by atoms with Crippen LogP contribution in [0.4, 0.5) is 101 Å². The molecule has 0 saturated heterocycles. The number of benzene rings is 6. The van der Waals surface area contributed by atoms with Crippen LogP contribution in [0.2, 0.25) is 0 Å². The molecule has 6 aromatic carbocycles. The molecule has 30 heteroatoms. The number of aryl methyl sites for hydroxylation is 4. The Labute approximate surface area is 520 Å².